The average Bonchev–Trinajstić information content (AvgIpc) is 3.20. The fourth-order valence-electron chi connectivity index (χ4n) is 5.45. The van der Waals surface area contributed by atoms with E-state index in [9.17, 15) is 18.9 Å². The number of aryl methyl sites for hydroxylation is 2. The molecule has 0 bridgehead atoms. The van der Waals surface area contributed by atoms with Gasteiger partial charge in [0, 0.05) is 35.3 Å². The molecule has 0 fully saturated rings. The minimum Gasteiger partial charge on any atom is -0.380 e. The molecule has 1 aromatic carbocycles. The molecular weight excluding hydrogens is 425 g/mol. The lowest BCUT2D eigenvalue weighted by atomic mass is 9.84. The number of hydrogen-bond donors (Lipinski definition) is 0. The van der Waals surface area contributed by atoms with Crippen molar-refractivity contribution in [3.05, 3.63) is 66.6 Å². The van der Waals surface area contributed by atoms with E-state index in [0.717, 1.165) is 41.3 Å². The molecule has 3 aromatic rings. The van der Waals surface area contributed by atoms with Crippen LogP contribution in [-0.4, -0.2) is 22.9 Å². The molecule has 2 aromatic heterocycles. The lowest BCUT2D eigenvalue weighted by Gasteiger charge is -2.23. The molecule has 170 valence electrons. The van der Waals surface area contributed by atoms with Crippen molar-refractivity contribution >= 4 is 17.2 Å². The highest BCUT2D eigenvalue weighted by molar-refractivity contribution is 5.92. The lowest BCUT2D eigenvalue weighted by molar-refractivity contribution is -0.112. The van der Waals surface area contributed by atoms with Gasteiger partial charge in [0.1, 0.15) is 5.82 Å². The number of nitrogens with zero attached hydrogens (tertiary/aromatic N) is 3. The number of aldehydes is 1. The second kappa shape index (κ2) is 7.66. The highest BCUT2D eigenvalue weighted by Gasteiger charge is 2.38. The van der Waals surface area contributed by atoms with Gasteiger partial charge in [-0.05, 0) is 55.4 Å². The molecule has 0 saturated carbocycles. The number of carbonyl (C=O) groups is 1. The molecule has 5 rings (SSSR count). The van der Waals surface area contributed by atoms with Crippen LogP contribution in [0.2, 0.25) is 0 Å². The van der Waals surface area contributed by atoms with E-state index in [-0.39, 0.29) is 35.5 Å². The van der Waals surface area contributed by atoms with E-state index in [4.69, 9.17) is 9.72 Å². The predicted octanol–water partition coefficient (Wildman–Crippen LogP) is 4.08. The SMILES string of the molecule is CCC(C=O)(N=O)c1cc2n(c(=O)c1COC)Cc1c-2nc2cc(F)c(C)c3c2c1CCC3. The van der Waals surface area contributed by atoms with Gasteiger partial charge in [0.15, 0.2) is 11.8 Å². The monoisotopic (exact) mass is 449 g/mol. The third-order valence-electron chi connectivity index (χ3n) is 7.28. The Bertz CT molecular complexity index is 1400. The number of pyridine rings is 2. The smallest absolute Gasteiger partial charge is 0.257 e. The maximum atomic E-state index is 14.7. The van der Waals surface area contributed by atoms with Crippen molar-refractivity contribution in [1.82, 2.24) is 9.55 Å². The Kier molecular flexibility index (Phi) is 5.01. The van der Waals surface area contributed by atoms with Gasteiger partial charge in [-0.1, -0.05) is 12.1 Å². The molecule has 0 N–H and O–H groups in total. The molecule has 8 heteroatoms. The summed E-state index contributed by atoms with van der Waals surface area (Å²) in [7, 11) is 1.45. The second-order valence-electron chi connectivity index (χ2n) is 8.86. The number of benzene rings is 1. The third-order valence-corrected chi connectivity index (χ3v) is 7.28. The Morgan fingerprint density at radius 3 is 2.70 bits per heavy atom. The molecule has 1 atom stereocenters. The normalized spacial score (nSPS) is 15.8. The summed E-state index contributed by atoms with van der Waals surface area (Å²) in [6.45, 7) is 3.76. The average molecular weight is 449 g/mol. The highest BCUT2D eigenvalue weighted by Crippen LogP contribution is 2.42. The zero-order chi connectivity index (χ0) is 23.5. The molecule has 0 radical (unpaired) electrons. The Balaban J connectivity index is 1.86. The van der Waals surface area contributed by atoms with Crippen LogP contribution in [0.5, 0.6) is 0 Å². The van der Waals surface area contributed by atoms with Crippen molar-refractivity contribution in [2.24, 2.45) is 5.18 Å². The molecule has 1 unspecified atom stereocenters. The van der Waals surface area contributed by atoms with Crippen molar-refractivity contribution in [2.45, 2.75) is 58.2 Å². The van der Waals surface area contributed by atoms with E-state index in [1.165, 1.54) is 13.2 Å². The summed E-state index contributed by atoms with van der Waals surface area (Å²) in [6.07, 6.45) is 3.11. The van der Waals surface area contributed by atoms with Crippen molar-refractivity contribution in [2.75, 3.05) is 7.11 Å². The van der Waals surface area contributed by atoms with Crippen LogP contribution < -0.4 is 5.56 Å². The van der Waals surface area contributed by atoms with E-state index < -0.39 is 5.54 Å². The van der Waals surface area contributed by atoms with Gasteiger partial charge in [-0.3, -0.25) is 4.79 Å². The fourth-order valence-corrected chi connectivity index (χ4v) is 5.45. The first kappa shape index (κ1) is 21.6. The van der Waals surface area contributed by atoms with E-state index in [1.807, 2.05) is 0 Å². The molecule has 0 amide bonds. The van der Waals surface area contributed by atoms with Gasteiger partial charge in [-0.2, -0.15) is 0 Å². The van der Waals surface area contributed by atoms with Gasteiger partial charge in [0.05, 0.1) is 30.1 Å². The summed E-state index contributed by atoms with van der Waals surface area (Å²) in [5.41, 5.74) is 3.82. The second-order valence-corrected chi connectivity index (χ2v) is 8.86. The summed E-state index contributed by atoms with van der Waals surface area (Å²) in [4.78, 5) is 42.1. The van der Waals surface area contributed by atoms with Crippen LogP contribution in [0.3, 0.4) is 0 Å². The maximum Gasteiger partial charge on any atom is 0.257 e. The summed E-state index contributed by atoms with van der Waals surface area (Å²) in [5.74, 6) is -0.291. The Hall–Kier alpha value is -3.26. The van der Waals surface area contributed by atoms with Crippen LogP contribution in [0.25, 0.3) is 22.3 Å². The van der Waals surface area contributed by atoms with Gasteiger partial charge in [-0.15, -0.1) is 4.91 Å². The van der Waals surface area contributed by atoms with Gasteiger partial charge in [0.25, 0.3) is 5.56 Å². The highest BCUT2D eigenvalue weighted by atomic mass is 19.1. The molecule has 1 aliphatic heterocycles. The zero-order valence-corrected chi connectivity index (χ0v) is 18.8. The minimum absolute atomic E-state index is 0.0489. The van der Waals surface area contributed by atoms with E-state index >= 15 is 0 Å². The molecule has 0 spiro atoms. The van der Waals surface area contributed by atoms with Crippen molar-refractivity contribution in [3.8, 4) is 11.4 Å². The van der Waals surface area contributed by atoms with Gasteiger partial charge < -0.3 is 14.1 Å². The van der Waals surface area contributed by atoms with Crippen LogP contribution in [0.1, 0.15) is 53.1 Å². The fraction of sp³-hybridized carbons (Fsp3) is 0.400. The Morgan fingerprint density at radius 2 is 2.03 bits per heavy atom. The number of hydrogen-bond acceptors (Lipinski definition) is 6. The van der Waals surface area contributed by atoms with Crippen molar-refractivity contribution in [1.29, 1.82) is 0 Å². The lowest BCUT2D eigenvalue weighted by Crippen LogP contribution is -2.33. The van der Waals surface area contributed by atoms with Crippen LogP contribution in [0.15, 0.2) is 22.1 Å². The number of ether oxygens (including phenoxy) is 1. The molecular formula is C25H24FN3O4. The summed E-state index contributed by atoms with van der Waals surface area (Å²) in [6, 6.07) is 3.12. The molecule has 1 aliphatic carbocycles. The first-order valence-electron chi connectivity index (χ1n) is 11.1. The summed E-state index contributed by atoms with van der Waals surface area (Å²) >= 11 is 0. The number of halogens is 1. The van der Waals surface area contributed by atoms with Gasteiger partial charge in [0.2, 0.25) is 0 Å². The van der Waals surface area contributed by atoms with Gasteiger partial charge in [-0.25, -0.2) is 9.37 Å². The quantitative estimate of drug-likeness (QED) is 0.327. The standard InChI is InChI=1S/C25H24FN3O4/c1-4-25(12-30,28-32)18-8-21-23-16(10-29(21)24(31)17(18)11-33-3)15-7-5-6-14-13(2)19(26)9-20(27-23)22(14)15/h8-9,12H,4-7,10-11H2,1-3H3. The third kappa shape index (κ3) is 2.86. The van der Waals surface area contributed by atoms with E-state index in [1.54, 1.807) is 24.5 Å². The van der Waals surface area contributed by atoms with Crippen LogP contribution in [0.4, 0.5) is 4.39 Å². The number of fused-ring (bicyclic) bond motifs is 4. The molecule has 7 nitrogen and oxygen atoms in total. The maximum absolute atomic E-state index is 14.7. The number of rotatable bonds is 6. The summed E-state index contributed by atoms with van der Waals surface area (Å²) in [5, 5.41) is 4.11. The zero-order valence-electron chi connectivity index (χ0n) is 18.8. The molecule has 0 saturated heterocycles. The number of aromatic nitrogens is 2. The van der Waals surface area contributed by atoms with Crippen molar-refractivity contribution < 1.29 is 13.9 Å². The molecule has 2 aliphatic rings. The van der Waals surface area contributed by atoms with Crippen LogP contribution in [-0.2, 0) is 41.1 Å². The minimum atomic E-state index is -1.69. The molecule has 3 heterocycles. The van der Waals surface area contributed by atoms with E-state index in [2.05, 4.69) is 5.18 Å². The largest absolute Gasteiger partial charge is 0.380 e. The van der Waals surface area contributed by atoms with Crippen LogP contribution >= 0.6 is 0 Å². The van der Waals surface area contributed by atoms with Crippen molar-refractivity contribution in [3.63, 3.8) is 0 Å². The number of nitroso groups, excluding NO2 is 1. The first-order valence-corrected chi connectivity index (χ1v) is 11.1. The molecule has 33 heavy (non-hydrogen) atoms. The number of methoxy groups -OCH3 is 1. The summed E-state index contributed by atoms with van der Waals surface area (Å²) < 4.78 is 21.5. The van der Waals surface area contributed by atoms with Crippen LogP contribution in [0, 0.1) is 17.6 Å². The van der Waals surface area contributed by atoms with Gasteiger partial charge >= 0.3 is 0 Å². The topological polar surface area (TPSA) is 90.6 Å². The Morgan fingerprint density at radius 1 is 1.27 bits per heavy atom. The number of carbonyl (C=O) groups excluding carboxylic acids is 1. The predicted molar refractivity (Wildman–Crippen MR) is 122 cm³/mol. The Labute approximate surface area is 189 Å². The first-order chi connectivity index (χ1) is 15.9. The van der Waals surface area contributed by atoms with E-state index in [0.29, 0.717) is 35.3 Å².